The number of carboxylic acid groups (broad SMARTS) is 1. The van der Waals surface area contributed by atoms with Crippen molar-refractivity contribution in [3.8, 4) is 17.2 Å². The number of esters is 5. The first-order valence-electron chi connectivity index (χ1n) is 39.5. The molecule has 5 atom stereocenters. The van der Waals surface area contributed by atoms with Crippen LogP contribution in [0.1, 0.15) is 316 Å². The first-order valence-corrected chi connectivity index (χ1v) is 39.5. The van der Waals surface area contributed by atoms with E-state index in [9.17, 15) is 50.7 Å². The van der Waals surface area contributed by atoms with Gasteiger partial charge in [-0.2, -0.15) is 5.26 Å². The Morgan fingerprint density at radius 2 is 0.584 bits per heavy atom. The van der Waals surface area contributed by atoms with Gasteiger partial charge in [-0.15, -0.1) is 0 Å². The number of nitrogens with zero attached hydrogens (tertiary/aromatic N) is 1. The van der Waals surface area contributed by atoms with Crippen LogP contribution < -0.4 is 0 Å². The number of methoxy groups -OCH3 is 5. The molecule has 6 rings (SSSR count). The average Bonchev–Trinajstić information content (AvgIpc) is 0.790. The molecule has 0 radical (unpaired) electrons. The normalized spacial score (nSPS) is 12.0. The lowest BCUT2D eigenvalue weighted by Crippen LogP contribution is -2.24. The lowest BCUT2D eigenvalue weighted by molar-refractivity contribution is -0.151. The Balaban J connectivity index is -0.000000589. The van der Waals surface area contributed by atoms with Crippen molar-refractivity contribution in [3.63, 3.8) is 0 Å². The molecule has 0 amide bonds. The Bertz CT molecular complexity index is 3500. The number of ether oxygens (including phenoxy) is 5. The molecule has 0 fully saturated rings. The van der Waals surface area contributed by atoms with Crippen LogP contribution in [0.5, 0.6) is 0 Å². The summed E-state index contributed by atoms with van der Waals surface area (Å²) in [6.07, 6.45) is 9.56. The Kier molecular flexibility index (Phi) is 56.1. The largest absolute Gasteiger partial charge is 0.478 e. The summed E-state index contributed by atoms with van der Waals surface area (Å²) in [4.78, 5) is 64.8. The average molecular weight is 1590 g/mol. The van der Waals surface area contributed by atoms with E-state index in [0.29, 0.717) is 42.1 Å². The minimum atomic E-state index is -2.11. The maximum Gasteiger partial charge on any atom is 0.335 e. The third kappa shape index (κ3) is 41.8. The molecule has 0 spiro atoms. The predicted octanol–water partition coefficient (Wildman–Crippen LogP) is 26.4. The number of carbonyl (C=O) groups is 6. The first kappa shape index (κ1) is 111. The molecule has 6 aromatic rings. The van der Waals surface area contributed by atoms with E-state index in [-0.39, 0.29) is 56.9 Å². The minimum Gasteiger partial charge on any atom is -0.478 e. The second kappa shape index (κ2) is 57.3. The SMILES string of the molecule is CCC(C)(C)C(=O)OC.CCC(C)(C)C(=O)OC.CCC(C)(C)C(=O)OC.CCC(C)(C)C(=O)OC.CCC(C)(C)C(=O)OC.CCC(C)c1c(F)c(F)c(F)c(F)c1F.CCC(C)c1ccc(-c2ccccc2)cc1.CCC(C)c1ccc(C(=O)O)cc1.CCC(C)c1ccc(C)cc1.CCC(C)c1ccc(CC#N)cc1. The molecule has 6 aromatic carbocycles. The van der Waals surface area contributed by atoms with Gasteiger partial charge >= 0.3 is 35.8 Å². The molecule has 18 heteroatoms. The van der Waals surface area contributed by atoms with Gasteiger partial charge in [-0.05, 0) is 221 Å². The van der Waals surface area contributed by atoms with Gasteiger partial charge in [0.05, 0.1) is 80.7 Å². The van der Waals surface area contributed by atoms with Crippen LogP contribution in [0.2, 0.25) is 0 Å². The van der Waals surface area contributed by atoms with E-state index in [0.717, 1.165) is 50.5 Å². The van der Waals surface area contributed by atoms with Crippen molar-refractivity contribution in [1.29, 1.82) is 5.26 Å². The number of carboxylic acids is 1. The second-order valence-electron chi connectivity index (χ2n) is 31.1. The minimum absolute atomic E-state index is 0.134. The number of rotatable bonds is 23. The van der Waals surface area contributed by atoms with Gasteiger partial charge in [-0.1, -0.05) is 225 Å². The standard InChI is InChI=1S/C16H18.C12H15N.C11H14O2.C11H16.C10H9F5.5C7H14O2/c1-3-13(2)14-9-11-16(12-10-14)15-7-5-4-6-8-15;1-3-10(2)12-6-4-11(5-7-12)8-9-13;1-3-8(2)9-4-6-10(7-5-9)11(12)13;1-4-10(3)11-7-5-9(2)6-8-11;1-3-4(2)5-6(11)8(13)10(15)9(14)7(5)12;5*1-5-7(2,3)6(8)9-4/h4-13H,3H2,1-2H3;4-7,10H,3,8H2,1-2H3;4-8H,3H2,1-2H3,(H,12,13);5-8,10H,4H2,1-3H3;4H,3H2,1-2H3;5*5H2,1-4H3. The van der Waals surface area contributed by atoms with Crippen molar-refractivity contribution < 1.29 is 79.5 Å². The highest BCUT2D eigenvalue weighted by Crippen LogP contribution is 2.32. The van der Waals surface area contributed by atoms with E-state index in [4.69, 9.17) is 10.4 Å². The smallest absolute Gasteiger partial charge is 0.335 e. The molecule has 0 saturated heterocycles. The zero-order valence-corrected chi connectivity index (χ0v) is 74.6. The van der Waals surface area contributed by atoms with Gasteiger partial charge in [0.15, 0.2) is 23.3 Å². The summed E-state index contributed by atoms with van der Waals surface area (Å²) in [6, 6.07) is 45.8. The van der Waals surface area contributed by atoms with E-state index in [2.05, 4.69) is 183 Å². The van der Waals surface area contributed by atoms with Crippen LogP contribution in [0.15, 0.2) is 127 Å². The van der Waals surface area contributed by atoms with Crippen LogP contribution in [0.3, 0.4) is 0 Å². The molecule has 0 saturated carbocycles. The quantitative estimate of drug-likeness (QED) is 0.0210. The van der Waals surface area contributed by atoms with Crippen molar-refractivity contribution in [2.24, 2.45) is 27.1 Å². The lowest BCUT2D eigenvalue weighted by atomic mass is 9.91. The summed E-state index contributed by atoms with van der Waals surface area (Å²) in [7, 11) is 7.08. The van der Waals surface area contributed by atoms with Gasteiger partial charge in [0.2, 0.25) is 5.82 Å². The first-order chi connectivity index (χ1) is 52.6. The summed E-state index contributed by atoms with van der Waals surface area (Å²) >= 11 is 0. The van der Waals surface area contributed by atoms with Gasteiger partial charge in [-0.3, -0.25) is 24.0 Å². The van der Waals surface area contributed by atoms with Crippen molar-refractivity contribution >= 4 is 35.8 Å². The number of hydrogen-bond acceptors (Lipinski definition) is 12. The molecule has 0 bridgehead atoms. The molecule has 634 valence electrons. The molecule has 0 heterocycles. The van der Waals surface area contributed by atoms with Crippen LogP contribution in [-0.2, 0) is 54.1 Å². The zero-order chi connectivity index (χ0) is 88.4. The van der Waals surface area contributed by atoms with Crippen molar-refractivity contribution in [3.05, 3.63) is 201 Å². The van der Waals surface area contributed by atoms with E-state index >= 15 is 0 Å². The summed E-state index contributed by atoms with van der Waals surface area (Å²) in [6.45, 7) is 51.4. The van der Waals surface area contributed by atoms with Crippen LogP contribution in [0, 0.1) is 74.4 Å². The molecule has 0 aliphatic heterocycles. The molecule has 5 unspecified atom stereocenters. The summed E-state index contributed by atoms with van der Waals surface area (Å²) < 4.78 is 87.2. The highest BCUT2D eigenvalue weighted by Gasteiger charge is 2.30. The van der Waals surface area contributed by atoms with Gasteiger partial charge in [0.25, 0.3) is 0 Å². The fraction of sp³-hybridized carbons (Fsp3) is 0.547. The van der Waals surface area contributed by atoms with Crippen molar-refractivity contribution in [1.82, 2.24) is 0 Å². The van der Waals surface area contributed by atoms with Crippen molar-refractivity contribution in [2.75, 3.05) is 35.5 Å². The summed E-state index contributed by atoms with van der Waals surface area (Å²) in [5.41, 5.74) is 8.55. The van der Waals surface area contributed by atoms with Crippen molar-refractivity contribution in [2.45, 2.75) is 280 Å². The highest BCUT2D eigenvalue weighted by atomic mass is 19.2. The highest BCUT2D eigenvalue weighted by molar-refractivity contribution is 5.87. The third-order valence-electron chi connectivity index (χ3n) is 20.7. The molecule has 113 heavy (non-hydrogen) atoms. The number of aryl methyl sites for hydroxylation is 1. The zero-order valence-electron chi connectivity index (χ0n) is 74.6. The molecule has 13 nitrogen and oxygen atoms in total. The Morgan fingerprint density at radius 3 is 0.805 bits per heavy atom. The summed E-state index contributed by atoms with van der Waals surface area (Å²) in [5, 5.41) is 17.2. The van der Waals surface area contributed by atoms with E-state index in [1.54, 1.807) is 19.1 Å². The van der Waals surface area contributed by atoms with Crippen LogP contribution in [-0.4, -0.2) is 76.5 Å². The van der Waals surface area contributed by atoms with E-state index in [1.807, 2.05) is 128 Å². The number of carbonyl (C=O) groups excluding carboxylic acids is 5. The Morgan fingerprint density at radius 1 is 0.354 bits per heavy atom. The number of benzene rings is 6. The number of halogens is 5. The lowest BCUT2D eigenvalue weighted by Gasteiger charge is -2.17. The van der Waals surface area contributed by atoms with Crippen LogP contribution in [0.25, 0.3) is 11.1 Å². The van der Waals surface area contributed by atoms with Crippen LogP contribution >= 0.6 is 0 Å². The molecular weight excluding hydrogens is 1440 g/mol. The molecule has 0 aromatic heterocycles. The van der Waals surface area contributed by atoms with E-state index in [1.165, 1.54) is 94.3 Å². The third-order valence-corrected chi connectivity index (χ3v) is 20.7. The fourth-order valence-electron chi connectivity index (χ4n) is 8.84. The number of aromatic carboxylic acids is 1. The molecule has 1 N–H and O–H groups in total. The Hall–Kier alpha value is -8.72. The number of nitriles is 1. The topological polar surface area (TPSA) is 193 Å². The number of hydrogen-bond donors (Lipinski definition) is 1. The molecule has 0 aliphatic carbocycles. The second-order valence-corrected chi connectivity index (χ2v) is 31.1. The summed E-state index contributed by atoms with van der Waals surface area (Å²) in [5.74, 6) is -9.12. The predicted molar refractivity (Wildman–Crippen MR) is 452 cm³/mol. The monoisotopic (exact) mass is 1580 g/mol. The fourth-order valence-corrected chi connectivity index (χ4v) is 8.84. The van der Waals surface area contributed by atoms with E-state index < -0.39 is 46.5 Å². The Labute approximate surface area is 678 Å². The maximum absolute atomic E-state index is 13.1. The molecule has 0 aliphatic rings. The van der Waals surface area contributed by atoms with Crippen LogP contribution in [0.4, 0.5) is 22.0 Å². The molecular formula is C95H142F5NO12. The van der Waals surface area contributed by atoms with Gasteiger partial charge < -0.3 is 28.8 Å². The van der Waals surface area contributed by atoms with Gasteiger partial charge in [0.1, 0.15) is 0 Å². The maximum atomic E-state index is 13.1. The van der Waals surface area contributed by atoms with Gasteiger partial charge in [-0.25, -0.2) is 26.7 Å². The van der Waals surface area contributed by atoms with Gasteiger partial charge in [0, 0.05) is 5.56 Å².